The fraction of sp³-hybridized carbons (Fsp3) is 0. The molecule has 0 spiro atoms. The van der Waals surface area contributed by atoms with Gasteiger partial charge in [0.2, 0.25) is 5.78 Å². The molecule has 0 unspecified atom stereocenters. The van der Waals surface area contributed by atoms with E-state index in [0.29, 0.717) is 22.3 Å². The molecule has 2 aromatic heterocycles. The van der Waals surface area contributed by atoms with Crippen LogP contribution in [0.1, 0.15) is 16.2 Å². The Bertz CT molecular complexity index is 1030. The zero-order chi connectivity index (χ0) is 15.3. The number of carbonyl (C=O) groups excluding carboxylic acids is 1. The number of ketones is 1. The number of aromatic amines is 2. The van der Waals surface area contributed by atoms with Gasteiger partial charge >= 0.3 is 0 Å². The number of aromatic hydroxyl groups is 1. The van der Waals surface area contributed by atoms with Crippen LogP contribution in [0.2, 0.25) is 0 Å². The molecule has 0 saturated heterocycles. The molecule has 0 bridgehead atoms. The molecule has 4 rings (SSSR count). The molecule has 4 aromatic rings. The standard InChI is InChI=1S/C17H11FN2O2/c18-12-3-1-2-9-7-15(20-16(9)12)17(22)14-8-10-6-11(21)4-5-13(10)19-14/h1-8,19-21H. The van der Waals surface area contributed by atoms with E-state index in [0.717, 1.165) is 10.9 Å². The fourth-order valence-electron chi connectivity index (χ4n) is 2.63. The van der Waals surface area contributed by atoms with E-state index in [4.69, 9.17) is 0 Å². The van der Waals surface area contributed by atoms with Gasteiger partial charge in [0.15, 0.2) is 0 Å². The maximum atomic E-state index is 13.7. The summed E-state index contributed by atoms with van der Waals surface area (Å²) in [7, 11) is 0. The van der Waals surface area contributed by atoms with Crippen LogP contribution in [0.4, 0.5) is 4.39 Å². The molecule has 3 N–H and O–H groups in total. The summed E-state index contributed by atoms with van der Waals surface area (Å²) in [6.45, 7) is 0. The minimum Gasteiger partial charge on any atom is -0.508 e. The molecule has 0 radical (unpaired) electrons. The summed E-state index contributed by atoms with van der Waals surface area (Å²) in [5, 5.41) is 10.9. The first-order valence-corrected chi connectivity index (χ1v) is 6.75. The van der Waals surface area contributed by atoms with Gasteiger partial charge in [-0.05, 0) is 36.4 Å². The van der Waals surface area contributed by atoms with Crippen molar-refractivity contribution in [3.63, 3.8) is 0 Å². The lowest BCUT2D eigenvalue weighted by Gasteiger charge is -1.93. The molecule has 0 atom stereocenters. The molecule has 22 heavy (non-hydrogen) atoms. The summed E-state index contributed by atoms with van der Waals surface area (Å²) >= 11 is 0. The van der Waals surface area contributed by atoms with Crippen LogP contribution >= 0.6 is 0 Å². The first kappa shape index (κ1) is 12.6. The van der Waals surface area contributed by atoms with Crippen molar-refractivity contribution in [2.24, 2.45) is 0 Å². The Morgan fingerprint density at radius 1 is 0.955 bits per heavy atom. The molecule has 0 aliphatic carbocycles. The molecular weight excluding hydrogens is 283 g/mol. The van der Waals surface area contributed by atoms with Crippen molar-refractivity contribution in [3.8, 4) is 5.75 Å². The Labute approximate surface area is 124 Å². The van der Waals surface area contributed by atoms with Crippen LogP contribution in [-0.4, -0.2) is 20.9 Å². The average Bonchev–Trinajstić information content (AvgIpc) is 3.10. The first-order valence-electron chi connectivity index (χ1n) is 6.75. The van der Waals surface area contributed by atoms with Crippen molar-refractivity contribution in [3.05, 3.63) is 65.7 Å². The van der Waals surface area contributed by atoms with Crippen molar-refractivity contribution in [1.29, 1.82) is 0 Å². The van der Waals surface area contributed by atoms with Crippen molar-refractivity contribution in [1.82, 2.24) is 9.97 Å². The summed E-state index contributed by atoms with van der Waals surface area (Å²) < 4.78 is 13.7. The number of phenolic OH excluding ortho intramolecular Hbond substituents is 1. The molecule has 4 nitrogen and oxygen atoms in total. The van der Waals surface area contributed by atoms with Crippen molar-refractivity contribution < 1.29 is 14.3 Å². The zero-order valence-corrected chi connectivity index (χ0v) is 11.4. The van der Waals surface area contributed by atoms with E-state index in [9.17, 15) is 14.3 Å². The van der Waals surface area contributed by atoms with Gasteiger partial charge in [-0.25, -0.2) is 4.39 Å². The second-order valence-corrected chi connectivity index (χ2v) is 5.17. The number of nitrogens with one attached hydrogen (secondary N) is 2. The largest absolute Gasteiger partial charge is 0.508 e. The van der Waals surface area contributed by atoms with E-state index in [1.54, 1.807) is 42.5 Å². The number of fused-ring (bicyclic) bond motifs is 2. The maximum Gasteiger partial charge on any atom is 0.225 e. The minimum absolute atomic E-state index is 0.137. The summed E-state index contributed by atoms with van der Waals surface area (Å²) in [5.74, 6) is -0.511. The molecule has 108 valence electrons. The predicted molar refractivity (Wildman–Crippen MR) is 81.7 cm³/mol. The third kappa shape index (κ3) is 1.87. The van der Waals surface area contributed by atoms with Gasteiger partial charge in [0.1, 0.15) is 11.6 Å². The van der Waals surface area contributed by atoms with Gasteiger partial charge in [0.25, 0.3) is 0 Å². The van der Waals surface area contributed by atoms with Gasteiger partial charge in [-0.1, -0.05) is 12.1 Å². The highest BCUT2D eigenvalue weighted by Crippen LogP contribution is 2.24. The molecule has 0 saturated carbocycles. The summed E-state index contributed by atoms with van der Waals surface area (Å²) in [6, 6.07) is 12.8. The number of carbonyl (C=O) groups is 1. The van der Waals surface area contributed by atoms with Crippen LogP contribution < -0.4 is 0 Å². The lowest BCUT2D eigenvalue weighted by Crippen LogP contribution is -2.01. The highest BCUT2D eigenvalue weighted by Gasteiger charge is 2.16. The molecule has 2 aromatic carbocycles. The van der Waals surface area contributed by atoms with Gasteiger partial charge in [-0.2, -0.15) is 0 Å². The Balaban J connectivity index is 1.82. The number of hydrogen-bond acceptors (Lipinski definition) is 2. The monoisotopic (exact) mass is 294 g/mol. The number of H-pyrrole nitrogens is 2. The zero-order valence-electron chi connectivity index (χ0n) is 11.4. The molecule has 2 heterocycles. The minimum atomic E-state index is -0.391. The van der Waals surface area contributed by atoms with Crippen LogP contribution in [0.3, 0.4) is 0 Å². The quantitative estimate of drug-likeness (QED) is 0.493. The van der Waals surface area contributed by atoms with Crippen LogP contribution in [-0.2, 0) is 0 Å². The Morgan fingerprint density at radius 2 is 1.73 bits per heavy atom. The number of phenols is 1. The second kappa shape index (κ2) is 4.46. The number of hydrogen-bond donors (Lipinski definition) is 3. The van der Waals surface area contributed by atoms with Crippen LogP contribution in [0.5, 0.6) is 5.75 Å². The van der Waals surface area contributed by atoms with E-state index in [2.05, 4.69) is 9.97 Å². The summed E-state index contributed by atoms with van der Waals surface area (Å²) in [6.07, 6.45) is 0. The topological polar surface area (TPSA) is 68.9 Å². The molecule has 0 aliphatic rings. The lowest BCUT2D eigenvalue weighted by atomic mass is 10.2. The maximum absolute atomic E-state index is 13.7. The second-order valence-electron chi connectivity index (χ2n) is 5.17. The third-order valence-corrected chi connectivity index (χ3v) is 3.70. The Kier molecular flexibility index (Phi) is 2.56. The molecule has 0 fully saturated rings. The van der Waals surface area contributed by atoms with Gasteiger partial charge in [0, 0.05) is 16.3 Å². The van der Waals surface area contributed by atoms with E-state index in [-0.39, 0.29) is 11.5 Å². The number of benzene rings is 2. The van der Waals surface area contributed by atoms with Crippen molar-refractivity contribution in [2.75, 3.05) is 0 Å². The average molecular weight is 294 g/mol. The summed E-state index contributed by atoms with van der Waals surface area (Å²) in [5.41, 5.74) is 1.77. The third-order valence-electron chi connectivity index (χ3n) is 3.70. The van der Waals surface area contributed by atoms with E-state index in [1.165, 1.54) is 6.07 Å². The normalized spacial score (nSPS) is 11.3. The van der Waals surface area contributed by atoms with E-state index >= 15 is 0 Å². The molecule has 5 heteroatoms. The molecule has 0 aliphatic heterocycles. The van der Waals surface area contributed by atoms with Crippen molar-refractivity contribution >= 4 is 27.6 Å². The highest BCUT2D eigenvalue weighted by molar-refractivity contribution is 6.11. The fourth-order valence-corrected chi connectivity index (χ4v) is 2.63. The molecule has 0 amide bonds. The van der Waals surface area contributed by atoms with E-state index in [1.807, 2.05) is 0 Å². The Hall–Kier alpha value is -3.08. The summed E-state index contributed by atoms with van der Waals surface area (Å²) in [4.78, 5) is 18.4. The predicted octanol–water partition coefficient (Wildman–Crippen LogP) is 3.72. The van der Waals surface area contributed by atoms with E-state index < -0.39 is 5.82 Å². The van der Waals surface area contributed by atoms with Crippen LogP contribution in [0.15, 0.2) is 48.5 Å². The van der Waals surface area contributed by atoms with Gasteiger partial charge < -0.3 is 15.1 Å². The van der Waals surface area contributed by atoms with Crippen LogP contribution in [0, 0.1) is 5.82 Å². The van der Waals surface area contributed by atoms with Crippen molar-refractivity contribution in [2.45, 2.75) is 0 Å². The molecular formula is C17H11FN2O2. The number of rotatable bonds is 2. The van der Waals surface area contributed by atoms with Gasteiger partial charge in [-0.15, -0.1) is 0 Å². The first-order chi connectivity index (χ1) is 10.6. The number of halogens is 1. The number of para-hydroxylation sites is 1. The SMILES string of the molecule is O=C(c1cc2cc(O)ccc2[nH]1)c1cc2cccc(F)c2[nH]1. The smallest absolute Gasteiger partial charge is 0.225 e. The number of aromatic nitrogens is 2. The van der Waals surface area contributed by atoms with Gasteiger partial charge in [-0.3, -0.25) is 4.79 Å². The van der Waals surface area contributed by atoms with Gasteiger partial charge in [0.05, 0.1) is 16.9 Å². The lowest BCUT2D eigenvalue weighted by molar-refractivity contribution is 0.103. The Morgan fingerprint density at radius 3 is 2.55 bits per heavy atom. The highest BCUT2D eigenvalue weighted by atomic mass is 19.1. The van der Waals surface area contributed by atoms with Crippen LogP contribution in [0.25, 0.3) is 21.8 Å².